The van der Waals surface area contributed by atoms with Gasteiger partial charge in [-0.05, 0) is 36.1 Å². The molecule has 23 heavy (non-hydrogen) atoms. The van der Waals surface area contributed by atoms with Gasteiger partial charge >= 0.3 is 0 Å². The number of nitrogens with zero attached hydrogens (tertiary/aromatic N) is 1. The second kappa shape index (κ2) is 7.10. The molecule has 0 radical (unpaired) electrons. The van der Waals surface area contributed by atoms with E-state index in [1.807, 2.05) is 30.3 Å². The number of anilines is 1. The Bertz CT molecular complexity index is 651. The van der Waals surface area contributed by atoms with Crippen molar-refractivity contribution in [2.45, 2.75) is 31.5 Å². The molecule has 3 N–H and O–H groups in total. The summed E-state index contributed by atoms with van der Waals surface area (Å²) in [6.45, 7) is 0.802. The van der Waals surface area contributed by atoms with Gasteiger partial charge < -0.3 is 10.8 Å². The van der Waals surface area contributed by atoms with E-state index in [1.165, 1.54) is 5.56 Å². The second-order valence-corrected chi connectivity index (χ2v) is 6.80. The summed E-state index contributed by atoms with van der Waals surface area (Å²) >= 11 is 12.3. The zero-order chi connectivity index (χ0) is 16.4. The van der Waals surface area contributed by atoms with E-state index in [4.69, 9.17) is 28.9 Å². The molecule has 1 saturated carbocycles. The van der Waals surface area contributed by atoms with Crippen molar-refractivity contribution in [1.82, 2.24) is 4.90 Å². The lowest BCUT2D eigenvalue weighted by Crippen LogP contribution is -2.32. The van der Waals surface area contributed by atoms with Crippen molar-refractivity contribution in [2.75, 3.05) is 12.3 Å². The van der Waals surface area contributed by atoms with Crippen LogP contribution in [0.15, 0.2) is 42.5 Å². The van der Waals surface area contributed by atoms with Gasteiger partial charge in [0.25, 0.3) is 0 Å². The standard InChI is InChI=1S/C18H20Cl2N2O/c19-15-8-13(9-16(20)18(15)21)17(11-23)22(14-6-7-14)10-12-4-2-1-3-5-12/h1-5,8-9,14,17,23H,6-7,10-11,21H2. The average molecular weight is 351 g/mol. The maximum absolute atomic E-state index is 10.00. The van der Waals surface area contributed by atoms with E-state index in [9.17, 15) is 5.11 Å². The van der Waals surface area contributed by atoms with Crippen LogP contribution < -0.4 is 5.73 Å². The Balaban J connectivity index is 1.90. The highest BCUT2D eigenvalue weighted by atomic mass is 35.5. The zero-order valence-corrected chi connectivity index (χ0v) is 14.3. The first kappa shape index (κ1) is 16.6. The molecule has 0 aliphatic heterocycles. The number of aliphatic hydroxyl groups is 1. The summed E-state index contributed by atoms with van der Waals surface area (Å²) in [4.78, 5) is 2.33. The molecule has 1 atom stereocenters. The first-order valence-corrected chi connectivity index (χ1v) is 8.50. The summed E-state index contributed by atoms with van der Waals surface area (Å²) in [7, 11) is 0. The number of benzene rings is 2. The van der Waals surface area contributed by atoms with Gasteiger partial charge in [0, 0.05) is 12.6 Å². The van der Waals surface area contributed by atoms with Gasteiger partial charge in [0.05, 0.1) is 28.4 Å². The maximum Gasteiger partial charge on any atom is 0.0693 e. The fraction of sp³-hybridized carbons (Fsp3) is 0.333. The van der Waals surface area contributed by atoms with E-state index in [0.717, 1.165) is 24.9 Å². The predicted molar refractivity (Wildman–Crippen MR) is 95.7 cm³/mol. The quantitative estimate of drug-likeness (QED) is 0.764. The topological polar surface area (TPSA) is 49.5 Å². The summed E-state index contributed by atoms with van der Waals surface area (Å²) in [5.41, 5.74) is 8.34. The van der Waals surface area contributed by atoms with Crippen LogP contribution in [0.25, 0.3) is 0 Å². The van der Waals surface area contributed by atoms with Crippen molar-refractivity contribution < 1.29 is 5.11 Å². The highest BCUT2D eigenvalue weighted by molar-refractivity contribution is 6.38. The van der Waals surface area contributed by atoms with Crippen LogP contribution >= 0.6 is 23.2 Å². The smallest absolute Gasteiger partial charge is 0.0693 e. The third kappa shape index (κ3) is 3.81. The fourth-order valence-corrected chi connectivity index (χ4v) is 3.40. The number of hydrogen-bond donors (Lipinski definition) is 2. The lowest BCUT2D eigenvalue weighted by Gasteiger charge is -2.31. The lowest BCUT2D eigenvalue weighted by atomic mass is 10.0. The third-order valence-electron chi connectivity index (χ3n) is 4.28. The van der Waals surface area contributed by atoms with Crippen LogP contribution in [0.1, 0.15) is 30.0 Å². The molecule has 0 bridgehead atoms. The minimum atomic E-state index is -0.140. The van der Waals surface area contributed by atoms with Gasteiger partial charge in [-0.1, -0.05) is 53.5 Å². The zero-order valence-electron chi connectivity index (χ0n) is 12.8. The summed E-state index contributed by atoms with van der Waals surface area (Å²) in [5.74, 6) is 0. The Hall–Kier alpha value is -1.26. The molecule has 0 aromatic heterocycles. The van der Waals surface area contributed by atoms with Crippen molar-refractivity contribution in [2.24, 2.45) is 0 Å². The summed E-state index contributed by atoms with van der Waals surface area (Å²) < 4.78 is 0. The highest BCUT2D eigenvalue weighted by Gasteiger charge is 2.34. The molecule has 1 aliphatic rings. The van der Waals surface area contributed by atoms with E-state index < -0.39 is 0 Å². The van der Waals surface area contributed by atoms with Gasteiger partial charge in [0.1, 0.15) is 0 Å². The summed E-state index contributed by atoms with van der Waals surface area (Å²) in [5, 5.41) is 10.9. The molecule has 1 aliphatic carbocycles. The summed E-state index contributed by atoms with van der Waals surface area (Å²) in [6, 6.07) is 14.2. The largest absolute Gasteiger partial charge is 0.396 e. The van der Waals surface area contributed by atoms with Gasteiger partial charge in [-0.15, -0.1) is 0 Å². The van der Waals surface area contributed by atoms with E-state index in [2.05, 4.69) is 17.0 Å². The highest BCUT2D eigenvalue weighted by Crippen LogP contribution is 2.38. The van der Waals surface area contributed by atoms with Crippen molar-refractivity contribution in [3.63, 3.8) is 0 Å². The molecule has 2 aromatic rings. The molecule has 1 unspecified atom stereocenters. The van der Waals surface area contributed by atoms with E-state index >= 15 is 0 Å². The SMILES string of the molecule is Nc1c(Cl)cc(C(CO)N(Cc2ccccc2)C2CC2)cc1Cl. The number of halogens is 2. The van der Waals surface area contributed by atoms with Gasteiger partial charge in [-0.2, -0.15) is 0 Å². The van der Waals surface area contributed by atoms with Crippen molar-refractivity contribution in [3.05, 3.63) is 63.6 Å². The number of nitrogens with two attached hydrogens (primary N) is 1. The van der Waals surface area contributed by atoms with Crippen molar-refractivity contribution in [3.8, 4) is 0 Å². The fourth-order valence-electron chi connectivity index (χ4n) is 2.89. The van der Waals surface area contributed by atoms with Crippen molar-refractivity contribution in [1.29, 1.82) is 0 Å². The molecule has 1 fully saturated rings. The molecule has 5 heteroatoms. The van der Waals surface area contributed by atoms with Crippen LogP contribution in [0, 0.1) is 0 Å². The molecule has 0 spiro atoms. The van der Waals surface area contributed by atoms with Crippen LogP contribution in [0.5, 0.6) is 0 Å². The molecule has 2 aromatic carbocycles. The molecule has 3 nitrogen and oxygen atoms in total. The molecule has 0 heterocycles. The minimum Gasteiger partial charge on any atom is -0.396 e. The van der Waals surface area contributed by atoms with Crippen LogP contribution in [0.2, 0.25) is 10.0 Å². The first-order chi connectivity index (χ1) is 11.1. The molecule has 0 amide bonds. The van der Waals surface area contributed by atoms with Crippen LogP contribution in [-0.2, 0) is 6.54 Å². The van der Waals surface area contributed by atoms with E-state index in [-0.39, 0.29) is 12.6 Å². The average Bonchev–Trinajstić information content (AvgIpc) is 3.38. The van der Waals surface area contributed by atoms with Crippen LogP contribution in [-0.4, -0.2) is 22.7 Å². The van der Waals surface area contributed by atoms with Crippen LogP contribution in [0.3, 0.4) is 0 Å². The lowest BCUT2D eigenvalue weighted by molar-refractivity contribution is 0.109. The van der Waals surface area contributed by atoms with Gasteiger partial charge in [-0.25, -0.2) is 0 Å². The van der Waals surface area contributed by atoms with Gasteiger partial charge in [-0.3, -0.25) is 4.90 Å². The Morgan fingerprint density at radius 2 is 1.74 bits per heavy atom. The number of rotatable bonds is 6. The van der Waals surface area contributed by atoms with Gasteiger partial charge in [0.2, 0.25) is 0 Å². The molecule has 122 valence electrons. The van der Waals surface area contributed by atoms with Crippen molar-refractivity contribution >= 4 is 28.9 Å². The Labute approximate surface area is 146 Å². The predicted octanol–water partition coefficient (Wildman–Crippen LogP) is 4.27. The second-order valence-electron chi connectivity index (χ2n) is 5.99. The maximum atomic E-state index is 10.00. The Morgan fingerprint density at radius 3 is 2.26 bits per heavy atom. The van der Waals surface area contributed by atoms with E-state index in [1.54, 1.807) is 0 Å². The molecule has 3 rings (SSSR count). The van der Waals surface area contributed by atoms with Crippen LogP contribution in [0.4, 0.5) is 5.69 Å². The molecule has 0 saturated heterocycles. The number of aliphatic hydroxyl groups excluding tert-OH is 1. The van der Waals surface area contributed by atoms with Gasteiger partial charge in [0.15, 0.2) is 0 Å². The summed E-state index contributed by atoms with van der Waals surface area (Å²) in [6.07, 6.45) is 2.31. The Kier molecular flexibility index (Phi) is 5.12. The monoisotopic (exact) mass is 350 g/mol. The van der Waals surface area contributed by atoms with E-state index in [0.29, 0.717) is 21.8 Å². The first-order valence-electron chi connectivity index (χ1n) is 7.75. The molecular weight excluding hydrogens is 331 g/mol. The normalized spacial score (nSPS) is 15.8. The third-order valence-corrected chi connectivity index (χ3v) is 4.91. The minimum absolute atomic E-state index is 0.0138. The number of hydrogen-bond acceptors (Lipinski definition) is 3. The molecular formula is C18H20Cl2N2O. The number of nitrogen functional groups attached to an aromatic ring is 1. The Morgan fingerprint density at radius 1 is 1.13 bits per heavy atom.